The number of aromatic nitrogens is 4. The van der Waals surface area contributed by atoms with E-state index < -0.39 is 0 Å². The molecule has 4 heterocycles. The van der Waals surface area contributed by atoms with E-state index in [-0.39, 0.29) is 0 Å². The minimum atomic E-state index is 0.673. The van der Waals surface area contributed by atoms with Crippen LogP contribution in [0.2, 0.25) is 0 Å². The first-order valence-corrected chi connectivity index (χ1v) is 9.64. The quantitative estimate of drug-likeness (QED) is 0.682. The number of rotatable bonds is 3. The van der Waals surface area contributed by atoms with Crippen LogP contribution in [0.15, 0.2) is 36.5 Å². The van der Waals surface area contributed by atoms with Crippen LogP contribution < -0.4 is 9.80 Å². The highest BCUT2D eigenvalue weighted by molar-refractivity contribution is 5.88. The molecule has 1 aromatic carbocycles. The molecular formula is C20H22N6O2. The van der Waals surface area contributed by atoms with Crippen molar-refractivity contribution in [2.75, 3.05) is 62.4 Å². The second-order valence-corrected chi connectivity index (χ2v) is 6.84. The number of benzene rings is 1. The summed E-state index contributed by atoms with van der Waals surface area (Å²) in [4.78, 5) is 23.4. The molecule has 2 aliphatic heterocycles. The average Bonchev–Trinajstić information content (AvgIpc) is 2.79. The largest absolute Gasteiger partial charge is 0.378 e. The van der Waals surface area contributed by atoms with Crippen molar-refractivity contribution >= 4 is 22.8 Å². The summed E-state index contributed by atoms with van der Waals surface area (Å²) in [6, 6.07) is 10.0. The lowest BCUT2D eigenvalue weighted by molar-refractivity contribution is 0.122. The molecule has 3 aromatic rings. The fraction of sp³-hybridized carbons (Fsp3) is 0.400. The zero-order valence-corrected chi connectivity index (χ0v) is 15.6. The third-order valence-corrected chi connectivity index (χ3v) is 5.06. The van der Waals surface area contributed by atoms with Crippen molar-refractivity contribution in [3.05, 3.63) is 36.5 Å². The highest BCUT2D eigenvalue weighted by Crippen LogP contribution is 2.28. The summed E-state index contributed by atoms with van der Waals surface area (Å²) < 4.78 is 11.0. The molecule has 0 unspecified atom stereocenters. The number of hydrogen-bond acceptors (Lipinski definition) is 8. The Morgan fingerprint density at radius 3 is 2.14 bits per heavy atom. The molecule has 2 aromatic heterocycles. The van der Waals surface area contributed by atoms with Crippen molar-refractivity contribution in [3.8, 4) is 11.4 Å². The van der Waals surface area contributed by atoms with Gasteiger partial charge in [0.15, 0.2) is 11.5 Å². The van der Waals surface area contributed by atoms with Gasteiger partial charge in [0.25, 0.3) is 0 Å². The van der Waals surface area contributed by atoms with E-state index in [1.165, 1.54) is 0 Å². The lowest BCUT2D eigenvalue weighted by atomic mass is 10.2. The van der Waals surface area contributed by atoms with Crippen molar-refractivity contribution in [1.29, 1.82) is 0 Å². The van der Waals surface area contributed by atoms with E-state index in [9.17, 15) is 0 Å². The van der Waals surface area contributed by atoms with Crippen LogP contribution in [-0.4, -0.2) is 72.5 Å². The van der Waals surface area contributed by atoms with E-state index in [1.54, 1.807) is 0 Å². The van der Waals surface area contributed by atoms with Gasteiger partial charge in [-0.15, -0.1) is 0 Å². The van der Waals surface area contributed by atoms with E-state index in [1.807, 2.05) is 36.5 Å². The minimum Gasteiger partial charge on any atom is -0.378 e. The molecule has 28 heavy (non-hydrogen) atoms. The molecule has 0 atom stereocenters. The Kier molecular flexibility index (Phi) is 4.72. The Labute approximate surface area is 163 Å². The average molecular weight is 378 g/mol. The Hall–Kier alpha value is -2.84. The van der Waals surface area contributed by atoms with Crippen molar-refractivity contribution in [2.24, 2.45) is 0 Å². The smallest absolute Gasteiger partial charge is 0.227 e. The van der Waals surface area contributed by atoms with Crippen molar-refractivity contribution in [2.45, 2.75) is 0 Å². The van der Waals surface area contributed by atoms with Gasteiger partial charge in [-0.1, -0.05) is 30.3 Å². The highest BCUT2D eigenvalue weighted by Gasteiger charge is 2.21. The zero-order chi connectivity index (χ0) is 18.8. The molecule has 5 rings (SSSR count). The number of anilines is 2. The molecule has 2 saturated heterocycles. The maximum Gasteiger partial charge on any atom is 0.227 e. The summed E-state index contributed by atoms with van der Waals surface area (Å²) >= 11 is 0. The van der Waals surface area contributed by atoms with Crippen LogP contribution in [0.5, 0.6) is 0 Å². The predicted octanol–water partition coefficient (Wildman–Crippen LogP) is 1.76. The molecule has 0 spiro atoms. The van der Waals surface area contributed by atoms with Gasteiger partial charge in [0.2, 0.25) is 5.95 Å². The summed E-state index contributed by atoms with van der Waals surface area (Å²) in [5.41, 5.74) is 1.65. The van der Waals surface area contributed by atoms with E-state index in [0.717, 1.165) is 42.9 Å². The lowest BCUT2D eigenvalue weighted by Crippen LogP contribution is -2.38. The Morgan fingerprint density at radius 1 is 0.750 bits per heavy atom. The molecule has 0 aliphatic carbocycles. The predicted molar refractivity (Wildman–Crippen MR) is 107 cm³/mol. The summed E-state index contributed by atoms with van der Waals surface area (Å²) in [7, 11) is 0. The maximum absolute atomic E-state index is 5.51. The van der Waals surface area contributed by atoms with Crippen molar-refractivity contribution in [3.63, 3.8) is 0 Å². The van der Waals surface area contributed by atoms with Gasteiger partial charge in [0, 0.05) is 37.9 Å². The van der Waals surface area contributed by atoms with Crippen molar-refractivity contribution in [1.82, 2.24) is 19.9 Å². The summed E-state index contributed by atoms with van der Waals surface area (Å²) in [6.45, 7) is 5.95. The first kappa shape index (κ1) is 17.3. The van der Waals surface area contributed by atoms with Gasteiger partial charge < -0.3 is 19.3 Å². The first-order chi connectivity index (χ1) is 13.9. The van der Waals surface area contributed by atoms with Crippen LogP contribution in [0.4, 0.5) is 11.8 Å². The fourth-order valence-electron chi connectivity index (χ4n) is 3.54. The summed E-state index contributed by atoms with van der Waals surface area (Å²) in [5, 5.41) is 0.874. The van der Waals surface area contributed by atoms with E-state index in [0.29, 0.717) is 43.8 Å². The van der Waals surface area contributed by atoms with Gasteiger partial charge in [-0.3, -0.25) is 0 Å². The highest BCUT2D eigenvalue weighted by atomic mass is 16.5. The third kappa shape index (κ3) is 3.36. The van der Waals surface area contributed by atoms with Crippen molar-refractivity contribution < 1.29 is 9.47 Å². The molecule has 2 aliphatic rings. The summed E-state index contributed by atoms with van der Waals surface area (Å²) in [6.07, 6.45) is 1.85. The second kappa shape index (κ2) is 7.65. The lowest BCUT2D eigenvalue weighted by Gasteiger charge is -2.29. The zero-order valence-electron chi connectivity index (χ0n) is 15.6. The number of fused-ring (bicyclic) bond motifs is 1. The number of morpholine rings is 2. The Balaban J connectivity index is 1.63. The molecule has 8 nitrogen and oxygen atoms in total. The van der Waals surface area contributed by atoms with E-state index in [2.05, 4.69) is 14.8 Å². The molecule has 144 valence electrons. The molecule has 0 saturated carbocycles. The molecule has 0 N–H and O–H groups in total. The molecular weight excluding hydrogens is 356 g/mol. The SMILES string of the molecule is c1ccc(-c2nc(N3CCOCC3)c3cnc(N4CCOCC4)nc3n2)cc1. The van der Waals surface area contributed by atoms with Crippen LogP contribution in [0.3, 0.4) is 0 Å². The van der Waals surface area contributed by atoms with E-state index in [4.69, 9.17) is 24.4 Å². The van der Waals surface area contributed by atoms with Crippen LogP contribution in [-0.2, 0) is 9.47 Å². The maximum atomic E-state index is 5.51. The van der Waals surface area contributed by atoms with Gasteiger partial charge in [-0.2, -0.15) is 4.98 Å². The number of ether oxygens (including phenoxy) is 2. The topological polar surface area (TPSA) is 76.5 Å². The first-order valence-electron chi connectivity index (χ1n) is 9.64. The Bertz CT molecular complexity index is 956. The normalized spacial score (nSPS) is 17.9. The van der Waals surface area contributed by atoms with Crippen LogP contribution in [0.25, 0.3) is 22.4 Å². The standard InChI is InChI=1S/C20H22N6O2/c1-2-4-15(5-3-1)17-22-18-16(19(23-17)25-6-10-27-11-7-25)14-21-20(24-18)26-8-12-28-13-9-26/h1-5,14H,6-13H2. The van der Waals surface area contributed by atoms with Crippen LogP contribution >= 0.6 is 0 Å². The van der Waals surface area contributed by atoms with Crippen LogP contribution in [0, 0.1) is 0 Å². The molecule has 0 bridgehead atoms. The van der Waals surface area contributed by atoms with Gasteiger partial charge in [-0.25, -0.2) is 15.0 Å². The summed E-state index contributed by atoms with van der Waals surface area (Å²) in [5.74, 6) is 2.25. The van der Waals surface area contributed by atoms with Crippen LogP contribution in [0.1, 0.15) is 0 Å². The molecule has 8 heteroatoms. The molecule has 0 amide bonds. The fourth-order valence-corrected chi connectivity index (χ4v) is 3.54. The van der Waals surface area contributed by atoms with Gasteiger partial charge in [0.05, 0.1) is 31.8 Å². The minimum absolute atomic E-state index is 0.673. The molecule has 0 radical (unpaired) electrons. The van der Waals surface area contributed by atoms with Gasteiger partial charge in [-0.05, 0) is 0 Å². The van der Waals surface area contributed by atoms with Gasteiger partial charge >= 0.3 is 0 Å². The van der Waals surface area contributed by atoms with E-state index >= 15 is 0 Å². The number of hydrogen-bond donors (Lipinski definition) is 0. The number of nitrogens with zero attached hydrogens (tertiary/aromatic N) is 6. The monoisotopic (exact) mass is 378 g/mol. The molecule has 2 fully saturated rings. The van der Waals surface area contributed by atoms with Gasteiger partial charge in [0.1, 0.15) is 5.82 Å². The second-order valence-electron chi connectivity index (χ2n) is 6.84. The Morgan fingerprint density at radius 2 is 1.43 bits per heavy atom. The third-order valence-electron chi connectivity index (χ3n) is 5.06.